The zero-order chi connectivity index (χ0) is 11.5. The largest absolute Gasteiger partial charge is 0.338 e. The van der Waals surface area contributed by atoms with Crippen molar-refractivity contribution in [1.82, 2.24) is 10.1 Å². The van der Waals surface area contributed by atoms with Crippen LogP contribution in [-0.4, -0.2) is 10.1 Å². The number of rotatable bonds is 3. The van der Waals surface area contributed by atoms with Gasteiger partial charge in [-0.3, -0.25) is 0 Å². The van der Waals surface area contributed by atoms with Crippen molar-refractivity contribution in [3.8, 4) is 11.4 Å². The summed E-state index contributed by atoms with van der Waals surface area (Å²) in [5.41, 5.74) is 7.66. The fourth-order valence-electron chi connectivity index (χ4n) is 1.47. The van der Waals surface area contributed by atoms with E-state index in [-0.39, 0.29) is 6.54 Å². The first kappa shape index (κ1) is 10.8. The molecule has 0 amide bonds. The SMILES string of the molecule is CC(C)c1ccc(-c2noc(CN)n2)cc1. The predicted molar refractivity (Wildman–Crippen MR) is 61.7 cm³/mol. The van der Waals surface area contributed by atoms with Gasteiger partial charge in [0.05, 0.1) is 6.54 Å². The second-order valence-electron chi connectivity index (χ2n) is 3.99. The van der Waals surface area contributed by atoms with E-state index in [1.54, 1.807) is 0 Å². The summed E-state index contributed by atoms with van der Waals surface area (Å²) in [6, 6.07) is 8.16. The molecule has 2 N–H and O–H groups in total. The van der Waals surface area contributed by atoms with Crippen molar-refractivity contribution >= 4 is 0 Å². The molecule has 4 heteroatoms. The van der Waals surface area contributed by atoms with Gasteiger partial charge in [0.2, 0.25) is 11.7 Å². The second-order valence-corrected chi connectivity index (χ2v) is 3.99. The first-order chi connectivity index (χ1) is 7.70. The predicted octanol–water partition coefficient (Wildman–Crippen LogP) is 2.32. The highest BCUT2D eigenvalue weighted by molar-refractivity contribution is 5.54. The molecule has 0 spiro atoms. The van der Waals surface area contributed by atoms with Crippen LogP contribution in [0.25, 0.3) is 11.4 Å². The maximum atomic E-state index is 5.41. The van der Waals surface area contributed by atoms with Crippen LogP contribution in [0.1, 0.15) is 31.2 Å². The van der Waals surface area contributed by atoms with Gasteiger partial charge in [-0.25, -0.2) is 0 Å². The molecule has 0 bridgehead atoms. The Bertz CT molecular complexity index is 459. The van der Waals surface area contributed by atoms with E-state index in [1.165, 1.54) is 5.56 Å². The van der Waals surface area contributed by atoms with Crippen LogP contribution in [0.15, 0.2) is 28.8 Å². The van der Waals surface area contributed by atoms with E-state index in [1.807, 2.05) is 12.1 Å². The summed E-state index contributed by atoms with van der Waals surface area (Å²) in [5.74, 6) is 1.58. The van der Waals surface area contributed by atoms with E-state index in [0.717, 1.165) is 5.56 Å². The second kappa shape index (κ2) is 4.45. The Balaban J connectivity index is 2.27. The van der Waals surface area contributed by atoms with Crippen molar-refractivity contribution in [2.75, 3.05) is 0 Å². The molecule has 0 unspecified atom stereocenters. The standard InChI is InChI=1S/C12H15N3O/c1-8(2)9-3-5-10(6-4-9)12-14-11(7-13)16-15-12/h3-6,8H,7,13H2,1-2H3. The summed E-state index contributed by atoms with van der Waals surface area (Å²) < 4.78 is 4.96. The van der Waals surface area contributed by atoms with Gasteiger partial charge in [0, 0.05) is 5.56 Å². The van der Waals surface area contributed by atoms with Crippen LogP contribution in [0.4, 0.5) is 0 Å². The molecule has 0 fully saturated rings. The van der Waals surface area contributed by atoms with Crippen molar-refractivity contribution < 1.29 is 4.52 Å². The average molecular weight is 217 g/mol. The van der Waals surface area contributed by atoms with Gasteiger partial charge in [-0.05, 0) is 11.5 Å². The van der Waals surface area contributed by atoms with Crippen molar-refractivity contribution in [2.24, 2.45) is 5.73 Å². The third-order valence-electron chi connectivity index (χ3n) is 2.48. The third-order valence-corrected chi connectivity index (χ3v) is 2.48. The number of nitrogens with two attached hydrogens (primary N) is 1. The molecule has 1 aromatic carbocycles. The van der Waals surface area contributed by atoms with Crippen LogP contribution < -0.4 is 5.73 Å². The molecule has 2 aromatic rings. The van der Waals surface area contributed by atoms with Crippen molar-refractivity contribution in [3.63, 3.8) is 0 Å². The normalized spacial score (nSPS) is 11.0. The zero-order valence-corrected chi connectivity index (χ0v) is 9.47. The Labute approximate surface area is 94.5 Å². The lowest BCUT2D eigenvalue weighted by atomic mass is 10.0. The van der Waals surface area contributed by atoms with Gasteiger partial charge < -0.3 is 10.3 Å². The maximum absolute atomic E-state index is 5.41. The molecule has 84 valence electrons. The van der Waals surface area contributed by atoms with E-state index in [4.69, 9.17) is 10.3 Å². The van der Waals surface area contributed by atoms with Gasteiger partial charge in [-0.1, -0.05) is 43.3 Å². The molecule has 1 aromatic heterocycles. The first-order valence-electron chi connectivity index (χ1n) is 5.33. The summed E-state index contributed by atoms with van der Waals surface area (Å²) in [4.78, 5) is 4.17. The fraction of sp³-hybridized carbons (Fsp3) is 0.333. The van der Waals surface area contributed by atoms with Crippen LogP contribution in [-0.2, 0) is 6.54 Å². The lowest BCUT2D eigenvalue weighted by Gasteiger charge is -2.04. The Hall–Kier alpha value is -1.68. The maximum Gasteiger partial charge on any atom is 0.240 e. The molecule has 0 radical (unpaired) electrons. The first-order valence-corrected chi connectivity index (χ1v) is 5.33. The minimum atomic E-state index is 0.275. The smallest absolute Gasteiger partial charge is 0.240 e. The Kier molecular flexibility index (Phi) is 3.01. The molecular weight excluding hydrogens is 202 g/mol. The van der Waals surface area contributed by atoms with Crippen LogP contribution in [0.3, 0.4) is 0 Å². The van der Waals surface area contributed by atoms with Crippen LogP contribution >= 0.6 is 0 Å². The van der Waals surface area contributed by atoms with Crippen molar-refractivity contribution in [2.45, 2.75) is 26.3 Å². The molecule has 0 saturated heterocycles. The highest BCUT2D eigenvalue weighted by Crippen LogP contribution is 2.20. The van der Waals surface area contributed by atoms with E-state index in [2.05, 4.69) is 36.1 Å². The van der Waals surface area contributed by atoms with Gasteiger partial charge in [-0.15, -0.1) is 0 Å². The number of nitrogens with zero attached hydrogens (tertiary/aromatic N) is 2. The van der Waals surface area contributed by atoms with E-state index < -0.39 is 0 Å². The minimum Gasteiger partial charge on any atom is -0.338 e. The number of benzene rings is 1. The lowest BCUT2D eigenvalue weighted by Crippen LogP contribution is -1.95. The highest BCUT2D eigenvalue weighted by Gasteiger charge is 2.07. The topological polar surface area (TPSA) is 64.9 Å². The molecular formula is C12H15N3O. The molecule has 1 heterocycles. The molecule has 0 aliphatic heterocycles. The van der Waals surface area contributed by atoms with Gasteiger partial charge in [0.15, 0.2) is 0 Å². The molecule has 0 saturated carbocycles. The summed E-state index contributed by atoms with van der Waals surface area (Å²) in [7, 11) is 0. The lowest BCUT2D eigenvalue weighted by molar-refractivity contribution is 0.380. The average Bonchev–Trinajstić information content (AvgIpc) is 2.77. The summed E-state index contributed by atoms with van der Waals surface area (Å²) in [6.07, 6.45) is 0. The Morgan fingerprint density at radius 2 is 1.94 bits per heavy atom. The van der Waals surface area contributed by atoms with Gasteiger partial charge in [-0.2, -0.15) is 4.98 Å². The number of hydrogen-bond acceptors (Lipinski definition) is 4. The molecule has 4 nitrogen and oxygen atoms in total. The summed E-state index contributed by atoms with van der Waals surface area (Å²) in [6.45, 7) is 4.60. The minimum absolute atomic E-state index is 0.275. The number of aromatic nitrogens is 2. The van der Waals surface area contributed by atoms with Gasteiger partial charge in [0.25, 0.3) is 0 Å². The Morgan fingerprint density at radius 3 is 2.44 bits per heavy atom. The van der Waals surface area contributed by atoms with Crippen LogP contribution in [0.5, 0.6) is 0 Å². The Morgan fingerprint density at radius 1 is 1.25 bits per heavy atom. The van der Waals surface area contributed by atoms with Gasteiger partial charge in [0.1, 0.15) is 0 Å². The molecule has 2 rings (SSSR count). The number of hydrogen-bond donors (Lipinski definition) is 1. The van der Waals surface area contributed by atoms with Crippen molar-refractivity contribution in [1.29, 1.82) is 0 Å². The van der Waals surface area contributed by atoms with E-state index in [9.17, 15) is 0 Å². The monoisotopic (exact) mass is 217 g/mol. The highest BCUT2D eigenvalue weighted by atomic mass is 16.5. The molecule has 0 aliphatic rings. The van der Waals surface area contributed by atoms with Crippen LogP contribution in [0.2, 0.25) is 0 Å². The third kappa shape index (κ3) is 2.12. The van der Waals surface area contributed by atoms with E-state index >= 15 is 0 Å². The fourth-order valence-corrected chi connectivity index (χ4v) is 1.47. The van der Waals surface area contributed by atoms with Gasteiger partial charge >= 0.3 is 0 Å². The van der Waals surface area contributed by atoms with Crippen molar-refractivity contribution in [3.05, 3.63) is 35.7 Å². The molecule has 0 atom stereocenters. The zero-order valence-electron chi connectivity index (χ0n) is 9.47. The molecule has 0 aliphatic carbocycles. The quantitative estimate of drug-likeness (QED) is 0.856. The van der Waals surface area contributed by atoms with E-state index in [0.29, 0.717) is 17.6 Å². The summed E-state index contributed by atoms with van der Waals surface area (Å²) in [5, 5.41) is 3.87. The summed E-state index contributed by atoms with van der Waals surface area (Å²) >= 11 is 0. The molecule has 16 heavy (non-hydrogen) atoms. The van der Waals surface area contributed by atoms with Crippen LogP contribution in [0, 0.1) is 0 Å².